The number of nitrogens with one attached hydrogen (secondary N) is 1. The van der Waals surface area contributed by atoms with Crippen LogP contribution in [-0.2, 0) is 16.1 Å². The molecule has 0 aliphatic carbocycles. The molecule has 0 spiro atoms. The van der Waals surface area contributed by atoms with Gasteiger partial charge >= 0.3 is 0 Å². The van der Waals surface area contributed by atoms with Crippen LogP contribution in [0, 0.1) is 0 Å². The molecule has 3 heterocycles. The number of ketones is 1. The van der Waals surface area contributed by atoms with E-state index < -0.39 is 17.7 Å². The Morgan fingerprint density at radius 1 is 1.15 bits per heavy atom. The van der Waals surface area contributed by atoms with Gasteiger partial charge in [-0.3, -0.25) is 14.6 Å². The fraction of sp³-hybridized carbons (Fsp3) is 0.115. The molecule has 1 saturated heterocycles. The van der Waals surface area contributed by atoms with Gasteiger partial charge in [0.25, 0.3) is 11.7 Å². The van der Waals surface area contributed by atoms with E-state index in [4.69, 9.17) is 16.3 Å². The van der Waals surface area contributed by atoms with Crippen molar-refractivity contribution in [3.63, 3.8) is 0 Å². The molecule has 1 atom stereocenters. The number of aromatic nitrogens is 2. The van der Waals surface area contributed by atoms with Crippen LogP contribution < -0.4 is 4.74 Å². The predicted octanol–water partition coefficient (Wildman–Crippen LogP) is 4.85. The van der Waals surface area contributed by atoms with Crippen molar-refractivity contribution in [2.24, 2.45) is 0 Å². The summed E-state index contributed by atoms with van der Waals surface area (Å²) in [5.41, 5.74) is 2.49. The van der Waals surface area contributed by atoms with Gasteiger partial charge in [-0.1, -0.05) is 35.9 Å². The molecule has 34 heavy (non-hydrogen) atoms. The van der Waals surface area contributed by atoms with Crippen LogP contribution in [0.1, 0.15) is 22.9 Å². The summed E-state index contributed by atoms with van der Waals surface area (Å²) < 4.78 is 5.19. The number of benzene rings is 2. The van der Waals surface area contributed by atoms with Gasteiger partial charge in [0.05, 0.1) is 36.0 Å². The van der Waals surface area contributed by atoms with Crippen molar-refractivity contribution in [3.8, 4) is 5.75 Å². The molecule has 2 aromatic carbocycles. The van der Waals surface area contributed by atoms with E-state index in [1.165, 1.54) is 18.1 Å². The number of methoxy groups -OCH3 is 1. The molecule has 1 unspecified atom stereocenters. The van der Waals surface area contributed by atoms with Crippen molar-refractivity contribution in [3.05, 3.63) is 100 Å². The highest BCUT2D eigenvalue weighted by atomic mass is 35.5. The number of aliphatic hydroxyl groups excluding tert-OH is 1. The van der Waals surface area contributed by atoms with Crippen LogP contribution in [0.15, 0.2) is 78.6 Å². The second kappa shape index (κ2) is 8.68. The lowest BCUT2D eigenvalue weighted by atomic mass is 9.95. The molecule has 170 valence electrons. The van der Waals surface area contributed by atoms with Crippen molar-refractivity contribution in [2.75, 3.05) is 7.11 Å². The molecule has 4 aromatic rings. The standard InChI is InChI=1S/C26H20ClN3O4/c1-34-21-10-9-15(12-19(21)27)24(31)22-23(18-13-29-20-8-3-2-7-17(18)20)30(26(33)25(22)32)14-16-6-4-5-11-28-16/h2-13,23,29,31H,14H2,1H3/b24-22+. The van der Waals surface area contributed by atoms with Gasteiger partial charge in [-0.25, -0.2) is 0 Å². The fourth-order valence-electron chi connectivity index (χ4n) is 4.32. The van der Waals surface area contributed by atoms with Gasteiger partial charge in [0.1, 0.15) is 11.5 Å². The summed E-state index contributed by atoms with van der Waals surface area (Å²) in [7, 11) is 1.49. The van der Waals surface area contributed by atoms with Gasteiger partial charge < -0.3 is 19.7 Å². The zero-order valence-electron chi connectivity index (χ0n) is 18.2. The number of aliphatic hydroxyl groups is 1. The van der Waals surface area contributed by atoms with Gasteiger partial charge in [-0.05, 0) is 36.4 Å². The third-order valence-electron chi connectivity index (χ3n) is 5.94. The Balaban J connectivity index is 1.70. The topological polar surface area (TPSA) is 95.5 Å². The lowest BCUT2D eigenvalue weighted by molar-refractivity contribution is -0.140. The quantitative estimate of drug-likeness (QED) is 0.245. The molecule has 1 aliphatic heterocycles. The third kappa shape index (κ3) is 3.60. The van der Waals surface area contributed by atoms with Gasteiger partial charge in [-0.2, -0.15) is 0 Å². The van der Waals surface area contributed by atoms with E-state index in [0.29, 0.717) is 22.6 Å². The van der Waals surface area contributed by atoms with E-state index in [9.17, 15) is 14.7 Å². The highest BCUT2D eigenvalue weighted by Crippen LogP contribution is 2.43. The number of Topliss-reactive ketones (excluding diaryl/α,β-unsaturated/α-hetero) is 1. The van der Waals surface area contributed by atoms with Crippen LogP contribution in [0.5, 0.6) is 5.75 Å². The maximum atomic E-state index is 13.3. The molecule has 1 amide bonds. The number of nitrogens with zero attached hydrogens (tertiary/aromatic N) is 2. The number of fused-ring (bicyclic) bond motifs is 1. The van der Waals surface area contributed by atoms with Crippen LogP contribution in [0.2, 0.25) is 5.02 Å². The average molecular weight is 474 g/mol. The summed E-state index contributed by atoms with van der Waals surface area (Å²) >= 11 is 6.26. The first-order valence-electron chi connectivity index (χ1n) is 10.6. The summed E-state index contributed by atoms with van der Waals surface area (Å²) in [6.45, 7) is 0.107. The molecular formula is C26H20ClN3O4. The highest BCUT2D eigenvalue weighted by Gasteiger charge is 2.47. The molecule has 1 aliphatic rings. The largest absolute Gasteiger partial charge is 0.507 e. The summed E-state index contributed by atoms with van der Waals surface area (Å²) in [5, 5.41) is 12.4. The molecule has 0 bridgehead atoms. The Morgan fingerprint density at radius 2 is 1.94 bits per heavy atom. The number of pyridine rings is 1. The zero-order valence-corrected chi connectivity index (χ0v) is 18.9. The van der Waals surface area contributed by atoms with E-state index >= 15 is 0 Å². The Bertz CT molecular complexity index is 1440. The molecule has 0 saturated carbocycles. The Hall–Kier alpha value is -4.10. The number of carbonyl (C=O) groups excluding carboxylic acids is 2. The Labute approximate surface area is 200 Å². The third-order valence-corrected chi connectivity index (χ3v) is 6.23. The second-order valence-electron chi connectivity index (χ2n) is 7.89. The van der Waals surface area contributed by atoms with Crippen molar-refractivity contribution < 1.29 is 19.4 Å². The molecule has 0 radical (unpaired) electrons. The number of hydrogen-bond donors (Lipinski definition) is 2. The molecule has 7 nitrogen and oxygen atoms in total. The van der Waals surface area contributed by atoms with E-state index in [0.717, 1.165) is 10.9 Å². The first-order chi connectivity index (χ1) is 16.5. The maximum Gasteiger partial charge on any atom is 0.296 e. The van der Waals surface area contributed by atoms with Gasteiger partial charge in [-0.15, -0.1) is 0 Å². The van der Waals surface area contributed by atoms with Gasteiger partial charge in [0, 0.05) is 34.4 Å². The minimum Gasteiger partial charge on any atom is -0.507 e. The van der Waals surface area contributed by atoms with Crippen LogP contribution in [0.3, 0.4) is 0 Å². The smallest absolute Gasteiger partial charge is 0.296 e. The average Bonchev–Trinajstić information content (AvgIpc) is 3.38. The van der Waals surface area contributed by atoms with Crippen molar-refractivity contribution in [1.29, 1.82) is 0 Å². The Morgan fingerprint density at radius 3 is 2.68 bits per heavy atom. The molecular weight excluding hydrogens is 454 g/mol. The minimum atomic E-state index is -0.820. The number of ether oxygens (including phenoxy) is 1. The van der Waals surface area contributed by atoms with Crippen LogP contribution in [0.4, 0.5) is 0 Å². The molecule has 8 heteroatoms. The predicted molar refractivity (Wildman–Crippen MR) is 128 cm³/mol. The minimum absolute atomic E-state index is 0.00748. The number of rotatable bonds is 5. The van der Waals surface area contributed by atoms with Crippen LogP contribution in [-0.4, -0.2) is 38.8 Å². The molecule has 2 N–H and O–H groups in total. The van der Waals surface area contributed by atoms with Crippen LogP contribution in [0.25, 0.3) is 16.7 Å². The van der Waals surface area contributed by atoms with E-state index in [2.05, 4.69) is 9.97 Å². The van der Waals surface area contributed by atoms with E-state index in [-0.39, 0.29) is 22.9 Å². The number of hydrogen-bond acceptors (Lipinski definition) is 5. The Kier molecular flexibility index (Phi) is 5.55. The first kappa shape index (κ1) is 21.7. The number of halogens is 1. The molecule has 5 rings (SSSR count). The monoisotopic (exact) mass is 473 g/mol. The van der Waals surface area contributed by atoms with Crippen molar-refractivity contribution in [1.82, 2.24) is 14.9 Å². The maximum absolute atomic E-state index is 13.3. The fourth-order valence-corrected chi connectivity index (χ4v) is 4.58. The van der Waals surface area contributed by atoms with Gasteiger partial charge in [0.2, 0.25) is 0 Å². The molecule has 2 aromatic heterocycles. The number of para-hydroxylation sites is 1. The number of amides is 1. The zero-order chi connectivity index (χ0) is 23.8. The summed E-state index contributed by atoms with van der Waals surface area (Å²) in [6, 6.07) is 16.9. The van der Waals surface area contributed by atoms with Crippen molar-refractivity contribution in [2.45, 2.75) is 12.6 Å². The van der Waals surface area contributed by atoms with E-state index in [1.54, 1.807) is 36.7 Å². The van der Waals surface area contributed by atoms with Crippen molar-refractivity contribution >= 4 is 40.0 Å². The number of aromatic amines is 1. The molecule has 1 fully saturated rings. The SMILES string of the molecule is COc1ccc(/C(O)=C2\C(=O)C(=O)N(Cc3ccccn3)C2c2c[nH]c3ccccc23)cc1Cl. The first-order valence-corrected chi connectivity index (χ1v) is 11.0. The lowest BCUT2D eigenvalue weighted by Crippen LogP contribution is -2.29. The highest BCUT2D eigenvalue weighted by molar-refractivity contribution is 6.46. The number of likely N-dealkylation sites (tertiary alicyclic amines) is 1. The number of H-pyrrole nitrogens is 1. The normalized spacial score (nSPS) is 17.5. The summed E-state index contributed by atoms with van der Waals surface area (Å²) in [4.78, 5) is 35.4. The van der Waals surface area contributed by atoms with E-state index in [1.807, 2.05) is 30.3 Å². The number of carbonyl (C=O) groups is 2. The lowest BCUT2D eigenvalue weighted by Gasteiger charge is -2.24. The summed E-state index contributed by atoms with van der Waals surface area (Å²) in [6.07, 6.45) is 3.40. The summed E-state index contributed by atoms with van der Waals surface area (Å²) in [5.74, 6) is -1.35. The van der Waals surface area contributed by atoms with Gasteiger partial charge in [0.15, 0.2) is 0 Å². The second-order valence-corrected chi connectivity index (χ2v) is 8.29. The van der Waals surface area contributed by atoms with Crippen LogP contribution >= 0.6 is 11.6 Å².